The minimum absolute atomic E-state index is 0.0560. The third kappa shape index (κ3) is 3.25. The van der Waals surface area contributed by atoms with E-state index in [1.54, 1.807) is 0 Å². The van der Waals surface area contributed by atoms with Crippen LogP contribution in [0.5, 0.6) is 0 Å². The van der Waals surface area contributed by atoms with Gasteiger partial charge in [0, 0.05) is 18.2 Å². The normalized spacial score (nSPS) is 19.1. The van der Waals surface area contributed by atoms with Gasteiger partial charge < -0.3 is 5.32 Å². The van der Waals surface area contributed by atoms with Crippen molar-refractivity contribution in [1.29, 1.82) is 0 Å². The molecule has 0 atom stereocenters. The SMILES string of the molecule is O=C(NCCC1=CCCCC1)c1cc(C2CC2)[nH]n1. The molecule has 2 aliphatic carbocycles. The summed E-state index contributed by atoms with van der Waals surface area (Å²) in [5.41, 5.74) is 3.13. The molecule has 1 saturated carbocycles. The predicted octanol–water partition coefficient (Wildman–Crippen LogP) is 2.91. The molecule has 0 unspecified atom stereocenters. The van der Waals surface area contributed by atoms with Crippen LogP contribution < -0.4 is 5.32 Å². The van der Waals surface area contributed by atoms with E-state index in [0.29, 0.717) is 11.6 Å². The van der Waals surface area contributed by atoms with Crippen LogP contribution >= 0.6 is 0 Å². The van der Waals surface area contributed by atoms with Crippen LogP contribution in [0.3, 0.4) is 0 Å². The fourth-order valence-electron chi connectivity index (χ4n) is 2.62. The summed E-state index contributed by atoms with van der Waals surface area (Å²) in [5, 5.41) is 10.0. The number of nitrogens with one attached hydrogen (secondary N) is 2. The molecule has 1 aromatic heterocycles. The van der Waals surface area contributed by atoms with Crippen LogP contribution in [0, 0.1) is 0 Å². The highest BCUT2D eigenvalue weighted by atomic mass is 16.1. The topological polar surface area (TPSA) is 57.8 Å². The largest absolute Gasteiger partial charge is 0.350 e. The van der Waals surface area contributed by atoms with Gasteiger partial charge in [-0.15, -0.1) is 0 Å². The Hall–Kier alpha value is -1.58. The van der Waals surface area contributed by atoms with Crippen LogP contribution in [-0.2, 0) is 0 Å². The average molecular weight is 259 g/mol. The van der Waals surface area contributed by atoms with Gasteiger partial charge in [-0.2, -0.15) is 5.10 Å². The van der Waals surface area contributed by atoms with E-state index in [4.69, 9.17) is 0 Å². The first-order valence-electron chi connectivity index (χ1n) is 7.34. The number of nitrogens with zero attached hydrogens (tertiary/aromatic N) is 1. The summed E-state index contributed by atoms with van der Waals surface area (Å²) in [6, 6.07) is 1.90. The number of carbonyl (C=O) groups excluding carboxylic acids is 1. The van der Waals surface area contributed by atoms with Crippen LogP contribution in [0.1, 0.15) is 67.0 Å². The minimum Gasteiger partial charge on any atom is -0.350 e. The number of carbonyl (C=O) groups is 1. The molecule has 4 nitrogen and oxygen atoms in total. The Morgan fingerprint density at radius 2 is 2.32 bits per heavy atom. The molecule has 0 spiro atoms. The quantitative estimate of drug-likeness (QED) is 0.799. The molecule has 0 aliphatic heterocycles. The molecule has 0 saturated heterocycles. The molecular weight excluding hydrogens is 238 g/mol. The summed E-state index contributed by atoms with van der Waals surface area (Å²) < 4.78 is 0. The number of hydrogen-bond acceptors (Lipinski definition) is 2. The zero-order chi connectivity index (χ0) is 13.1. The lowest BCUT2D eigenvalue weighted by Gasteiger charge is -2.12. The molecule has 0 aromatic carbocycles. The molecule has 4 heteroatoms. The van der Waals surface area contributed by atoms with Gasteiger partial charge in [0.1, 0.15) is 5.69 Å². The molecule has 102 valence electrons. The van der Waals surface area contributed by atoms with Crippen molar-refractivity contribution in [2.75, 3.05) is 6.54 Å². The Bertz CT molecular complexity index is 485. The third-order valence-electron chi connectivity index (χ3n) is 3.96. The number of allylic oxidation sites excluding steroid dienone is 1. The molecule has 1 heterocycles. The lowest BCUT2D eigenvalue weighted by atomic mass is 9.97. The zero-order valence-electron chi connectivity index (χ0n) is 11.2. The van der Waals surface area contributed by atoms with Gasteiger partial charge in [0.15, 0.2) is 0 Å². The summed E-state index contributed by atoms with van der Waals surface area (Å²) in [6.07, 6.45) is 10.8. The summed E-state index contributed by atoms with van der Waals surface area (Å²) in [7, 11) is 0. The summed E-state index contributed by atoms with van der Waals surface area (Å²) in [4.78, 5) is 11.9. The number of rotatable bonds is 5. The first-order valence-corrected chi connectivity index (χ1v) is 7.34. The Balaban J connectivity index is 1.46. The summed E-state index contributed by atoms with van der Waals surface area (Å²) >= 11 is 0. The standard InChI is InChI=1S/C15H21N3O/c19-15(14-10-13(17-18-14)12-6-7-12)16-9-8-11-4-2-1-3-5-11/h4,10,12H,1-3,5-9H2,(H,16,19)(H,17,18). The lowest BCUT2D eigenvalue weighted by Crippen LogP contribution is -2.25. The van der Waals surface area contributed by atoms with Crippen molar-refractivity contribution >= 4 is 5.91 Å². The van der Waals surface area contributed by atoms with E-state index in [1.807, 2.05) is 6.07 Å². The van der Waals surface area contributed by atoms with Gasteiger partial charge in [0.05, 0.1) is 0 Å². The van der Waals surface area contributed by atoms with Crippen LogP contribution in [0.15, 0.2) is 17.7 Å². The summed E-state index contributed by atoms with van der Waals surface area (Å²) in [6.45, 7) is 0.719. The highest BCUT2D eigenvalue weighted by Gasteiger charge is 2.26. The summed E-state index contributed by atoms with van der Waals surface area (Å²) in [5.74, 6) is 0.556. The van der Waals surface area contributed by atoms with Crippen LogP contribution in [0.4, 0.5) is 0 Å². The molecule has 1 aromatic rings. The number of aromatic amines is 1. The number of amides is 1. The highest BCUT2D eigenvalue weighted by Crippen LogP contribution is 2.38. The van der Waals surface area contributed by atoms with E-state index in [0.717, 1.165) is 18.7 Å². The molecule has 3 rings (SSSR count). The fraction of sp³-hybridized carbons (Fsp3) is 0.600. The molecule has 1 amide bonds. The fourth-order valence-corrected chi connectivity index (χ4v) is 2.62. The monoisotopic (exact) mass is 259 g/mol. The second kappa shape index (κ2) is 5.59. The number of H-pyrrole nitrogens is 1. The van der Waals surface area contributed by atoms with Crippen LogP contribution in [0.2, 0.25) is 0 Å². The van der Waals surface area contributed by atoms with Crippen molar-refractivity contribution in [2.45, 2.75) is 50.9 Å². The minimum atomic E-state index is -0.0560. The van der Waals surface area contributed by atoms with E-state index in [1.165, 1.54) is 44.1 Å². The average Bonchev–Trinajstić information content (AvgIpc) is 3.17. The maximum absolute atomic E-state index is 11.9. The molecule has 19 heavy (non-hydrogen) atoms. The van der Waals surface area contributed by atoms with E-state index in [2.05, 4.69) is 21.6 Å². The lowest BCUT2D eigenvalue weighted by molar-refractivity contribution is 0.0949. The van der Waals surface area contributed by atoms with Crippen LogP contribution in [-0.4, -0.2) is 22.6 Å². The first kappa shape index (κ1) is 12.5. The molecule has 0 radical (unpaired) electrons. The van der Waals surface area contributed by atoms with Crippen molar-refractivity contribution in [2.24, 2.45) is 0 Å². The Morgan fingerprint density at radius 1 is 1.42 bits per heavy atom. The van der Waals surface area contributed by atoms with Crippen molar-refractivity contribution in [3.05, 3.63) is 29.1 Å². The zero-order valence-corrected chi connectivity index (χ0v) is 11.2. The van der Waals surface area contributed by atoms with E-state index >= 15 is 0 Å². The Morgan fingerprint density at radius 3 is 3.05 bits per heavy atom. The maximum Gasteiger partial charge on any atom is 0.271 e. The third-order valence-corrected chi connectivity index (χ3v) is 3.96. The second-order valence-corrected chi connectivity index (χ2v) is 5.60. The predicted molar refractivity (Wildman–Crippen MR) is 74.1 cm³/mol. The van der Waals surface area contributed by atoms with Gasteiger partial charge in [0.2, 0.25) is 0 Å². The highest BCUT2D eigenvalue weighted by molar-refractivity contribution is 5.92. The smallest absolute Gasteiger partial charge is 0.271 e. The maximum atomic E-state index is 11.9. The van der Waals surface area contributed by atoms with Gasteiger partial charge in [-0.1, -0.05) is 11.6 Å². The molecule has 0 bridgehead atoms. The molecule has 1 fully saturated rings. The molecular formula is C15H21N3O. The van der Waals surface area contributed by atoms with Gasteiger partial charge >= 0.3 is 0 Å². The number of aromatic nitrogens is 2. The van der Waals surface area contributed by atoms with Gasteiger partial charge in [-0.25, -0.2) is 0 Å². The first-order chi connectivity index (χ1) is 9.33. The van der Waals surface area contributed by atoms with Crippen molar-refractivity contribution < 1.29 is 4.79 Å². The van der Waals surface area contributed by atoms with Crippen molar-refractivity contribution in [3.8, 4) is 0 Å². The Labute approximate surface area is 113 Å². The van der Waals surface area contributed by atoms with Gasteiger partial charge in [0.25, 0.3) is 5.91 Å². The van der Waals surface area contributed by atoms with E-state index < -0.39 is 0 Å². The molecule has 2 N–H and O–H groups in total. The second-order valence-electron chi connectivity index (χ2n) is 5.60. The van der Waals surface area contributed by atoms with E-state index in [9.17, 15) is 4.79 Å². The van der Waals surface area contributed by atoms with Crippen molar-refractivity contribution in [3.63, 3.8) is 0 Å². The number of hydrogen-bond donors (Lipinski definition) is 2. The molecule has 2 aliphatic rings. The van der Waals surface area contributed by atoms with Crippen molar-refractivity contribution in [1.82, 2.24) is 15.5 Å². The van der Waals surface area contributed by atoms with Gasteiger partial charge in [-0.3, -0.25) is 9.89 Å². The Kier molecular flexibility index (Phi) is 3.67. The van der Waals surface area contributed by atoms with Gasteiger partial charge in [-0.05, 0) is 51.0 Å². The van der Waals surface area contributed by atoms with E-state index in [-0.39, 0.29) is 5.91 Å². The van der Waals surface area contributed by atoms with Crippen LogP contribution in [0.25, 0.3) is 0 Å².